The molecule has 22 heavy (non-hydrogen) atoms. The molecule has 0 aromatic heterocycles. The van der Waals surface area contributed by atoms with Crippen LogP contribution in [0.25, 0.3) is 0 Å². The first-order valence-electron chi connectivity index (χ1n) is 10.1. The topological polar surface area (TPSA) is 29.5 Å². The Morgan fingerprint density at radius 3 is 1.41 bits per heavy atom. The summed E-state index contributed by atoms with van der Waals surface area (Å²) in [4.78, 5) is 0. The van der Waals surface area contributed by atoms with E-state index in [9.17, 15) is 0 Å². The molecule has 1 atom stereocenters. The van der Waals surface area contributed by atoms with Gasteiger partial charge in [-0.05, 0) is 19.8 Å². The van der Waals surface area contributed by atoms with Crippen LogP contribution in [0, 0.1) is 0 Å². The van der Waals surface area contributed by atoms with Gasteiger partial charge in [0, 0.05) is 13.2 Å². The van der Waals surface area contributed by atoms with Crippen LogP contribution < -0.4 is 0 Å². The summed E-state index contributed by atoms with van der Waals surface area (Å²) >= 11 is 0. The SMILES string of the molecule is CCCCCCCCCCCCCCCC1CCO1.CCO. The maximum absolute atomic E-state index is 7.57. The Labute approximate surface area is 140 Å². The van der Waals surface area contributed by atoms with Gasteiger partial charge < -0.3 is 9.84 Å². The number of rotatable bonds is 14. The quantitative estimate of drug-likeness (QED) is 0.384. The van der Waals surface area contributed by atoms with Crippen molar-refractivity contribution >= 4 is 0 Å². The van der Waals surface area contributed by atoms with Crippen molar-refractivity contribution in [2.24, 2.45) is 0 Å². The number of hydrogen-bond donors (Lipinski definition) is 1. The molecule has 0 amide bonds. The molecule has 1 rings (SSSR count). The van der Waals surface area contributed by atoms with E-state index in [1.54, 1.807) is 6.92 Å². The van der Waals surface area contributed by atoms with Gasteiger partial charge in [0.05, 0.1) is 6.10 Å². The second-order valence-electron chi connectivity index (χ2n) is 6.63. The predicted molar refractivity (Wildman–Crippen MR) is 97.4 cm³/mol. The summed E-state index contributed by atoms with van der Waals surface area (Å²) in [6.07, 6.45) is 22.1. The van der Waals surface area contributed by atoms with E-state index in [0.29, 0.717) is 6.10 Å². The van der Waals surface area contributed by atoms with Crippen LogP contribution >= 0.6 is 0 Å². The average Bonchev–Trinajstić information content (AvgIpc) is 2.46. The third-order valence-electron chi connectivity index (χ3n) is 4.42. The van der Waals surface area contributed by atoms with Crippen molar-refractivity contribution in [2.75, 3.05) is 13.2 Å². The van der Waals surface area contributed by atoms with Gasteiger partial charge in [-0.2, -0.15) is 0 Å². The van der Waals surface area contributed by atoms with Crippen LogP contribution in [-0.4, -0.2) is 24.4 Å². The summed E-state index contributed by atoms with van der Waals surface area (Å²) in [6.45, 7) is 5.24. The van der Waals surface area contributed by atoms with Crippen LogP contribution in [0.15, 0.2) is 0 Å². The van der Waals surface area contributed by atoms with Gasteiger partial charge in [0.2, 0.25) is 0 Å². The summed E-state index contributed by atoms with van der Waals surface area (Å²) in [6, 6.07) is 0. The van der Waals surface area contributed by atoms with Crippen molar-refractivity contribution in [1.82, 2.24) is 0 Å². The molecule has 1 N–H and O–H groups in total. The number of hydrogen-bond acceptors (Lipinski definition) is 2. The van der Waals surface area contributed by atoms with Crippen molar-refractivity contribution in [1.29, 1.82) is 0 Å². The summed E-state index contributed by atoms with van der Waals surface area (Å²) in [7, 11) is 0. The predicted octanol–water partition coefficient (Wildman–Crippen LogP) is 6.26. The van der Waals surface area contributed by atoms with Crippen molar-refractivity contribution in [3.8, 4) is 0 Å². The molecular weight excluding hydrogens is 272 g/mol. The molecule has 0 bridgehead atoms. The Morgan fingerprint density at radius 2 is 1.09 bits per heavy atom. The third kappa shape index (κ3) is 16.3. The molecule has 0 saturated carbocycles. The van der Waals surface area contributed by atoms with E-state index in [1.807, 2.05) is 0 Å². The lowest BCUT2D eigenvalue weighted by molar-refractivity contribution is -0.0555. The van der Waals surface area contributed by atoms with Crippen molar-refractivity contribution in [3.05, 3.63) is 0 Å². The lowest BCUT2D eigenvalue weighted by atomic mass is 10.0. The zero-order chi connectivity index (χ0) is 16.3. The second-order valence-corrected chi connectivity index (χ2v) is 6.63. The Kier molecular flexibility index (Phi) is 18.9. The third-order valence-corrected chi connectivity index (χ3v) is 4.42. The van der Waals surface area contributed by atoms with Gasteiger partial charge in [0.15, 0.2) is 0 Å². The van der Waals surface area contributed by atoms with E-state index < -0.39 is 0 Å². The van der Waals surface area contributed by atoms with Gasteiger partial charge in [-0.3, -0.25) is 0 Å². The summed E-state index contributed by atoms with van der Waals surface area (Å²) < 4.78 is 5.44. The second kappa shape index (κ2) is 19.0. The minimum absolute atomic E-state index is 0.250. The van der Waals surface area contributed by atoms with E-state index in [1.165, 1.54) is 96.3 Å². The molecule has 134 valence electrons. The van der Waals surface area contributed by atoms with Crippen molar-refractivity contribution in [3.63, 3.8) is 0 Å². The maximum Gasteiger partial charge on any atom is 0.0597 e. The molecule has 2 nitrogen and oxygen atoms in total. The van der Waals surface area contributed by atoms with Crippen LogP contribution in [0.2, 0.25) is 0 Å². The molecule has 1 heterocycles. The highest BCUT2D eigenvalue weighted by molar-refractivity contribution is 4.65. The normalized spacial score (nSPS) is 16.8. The van der Waals surface area contributed by atoms with Crippen LogP contribution in [0.5, 0.6) is 0 Å². The Morgan fingerprint density at radius 1 is 0.727 bits per heavy atom. The molecule has 0 spiro atoms. The van der Waals surface area contributed by atoms with Gasteiger partial charge >= 0.3 is 0 Å². The van der Waals surface area contributed by atoms with Gasteiger partial charge in [-0.1, -0.05) is 90.4 Å². The first-order valence-corrected chi connectivity index (χ1v) is 10.1. The minimum Gasteiger partial charge on any atom is -0.397 e. The number of ether oxygens (including phenoxy) is 1. The van der Waals surface area contributed by atoms with Crippen LogP contribution in [0.4, 0.5) is 0 Å². The molecule has 1 aliphatic heterocycles. The van der Waals surface area contributed by atoms with Crippen LogP contribution in [0.3, 0.4) is 0 Å². The molecule has 1 saturated heterocycles. The smallest absolute Gasteiger partial charge is 0.0597 e. The van der Waals surface area contributed by atoms with Gasteiger partial charge in [0.25, 0.3) is 0 Å². The van der Waals surface area contributed by atoms with Gasteiger partial charge in [-0.15, -0.1) is 0 Å². The molecule has 1 aliphatic rings. The lowest BCUT2D eigenvalue weighted by Crippen LogP contribution is -2.26. The van der Waals surface area contributed by atoms with E-state index in [2.05, 4.69) is 6.92 Å². The highest BCUT2D eigenvalue weighted by Gasteiger charge is 2.16. The van der Waals surface area contributed by atoms with Crippen molar-refractivity contribution in [2.45, 2.75) is 116 Å². The Bertz CT molecular complexity index is 190. The molecule has 1 unspecified atom stereocenters. The maximum atomic E-state index is 7.57. The number of aliphatic hydroxyl groups excluding tert-OH is 1. The fourth-order valence-electron chi connectivity index (χ4n) is 2.90. The zero-order valence-corrected chi connectivity index (χ0v) is 15.5. The summed E-state index contributed by atoms with van der Waals surface area (Å²) in [5.41, 5.74) is 0. The van der Waals surface area contributed by atoms with E-state index >= 15 is 0 Å². The van der Waals surface area contributed by atoms with E-state index in [0.717, 1.165) is 6.61 Å². The molecule has 0 radical (unpaired) electrons. The fraction of sp³-hybridized carbons (Fsp3) is 1.00. The molecule has 1 fully saturated rings. The monoisotopic (exact) mass is 314 g/mol. The van der Waals surface area contributed by atoms with Crippen LogP contribution in [0.1, 0.15) is 110 Å². The Hall–Kier alpha value is -0.0800. The van der Waals surface area contributed by atoms with Gasteiger partial charge in [0.1, 0.15) is 0 Å². The molecule has 0 aromatic carbocycles. The number of aliphatic hydroxyl groups is 1. The zero-order valence-electron chi connectivity index (χ0n) is 15.5. The highest BCUT2D eigenvalue weighted by atomic mass is 16.5. The molecule has 0 aromatic rings. The average molecular weight is 315 g/mol. The van der Waals surface area contributed by atoms with E-state index in [-0.39, 0.29) is 6.61 Å². The van der Waals surface area contributed by atoms with Crippen molar-refractivity contribution < 1.29 is 9.84 Å². The summed E-state index contributed by atoms with van der Waals surface area (Å²) in [5, 5.41) is 7.57. The van der Waals surface area contributed by atoms with E-state index in [4.69, 9.17) is 9.84 Å². The minimum atomic E-state index is 0.250. The highest BCUT2D eigenvalue weighted by Crippen LogP contribution is 2.19. The first-order chi connectivity index (χ1) is 10.8. The summed E-state index contributed by atoms with van der Waals surface area (Å²) in [5.74, 6) is 0. The number of unbranched alkanes of at least 4 members (excludes halogenated alkanes) is 12. The Balaban J connectivity index is 0.00000135. The fourth-order valence-corrected chi connectivity index (χ4v) is 2.90. The van der Waals surface area contributed by atoms with Crippen LogP contribution in [-0.2, 0) is 4.74 Å². The first kappa shape index (κ1) is 21.9. The molecule has 2 heteroatoms. The largest absolute Gasteiger partial charge is 0.397 e. The lowest BCUT2D eigenvalue weighted by Gasteiger charge is -2.26. The molecular formula is C20H42O2. The standard InChI is InChI=1S/C18H36O.C2H6O/c1-2-3-4-5-6-7-8-9-10-11-12-13-14-15-18-16-17-19-18;1-2-3/h18H,2-17H2,1H3;3H,2H2,1H3. The molecule has 0 aliphatic carbocycles. The van der Waals surface area contributed by atoms with Gasteiger partial charge in [-0.25, -0.2) is 0 Å².